The molecular weight excluding hydrogens is 408 g/mol. The smallest absolute Gasteiger partial charge is 0.333 e. The number of nitrogens with one attached hydrogen (secondary N) is 2. The van der Waals surface area contributed by atoms with Gasteiger partial charge in [-0.05, 0) is 39.2 Å². The second-order valence-electron chi connectivity index (χ2n) is 8.12. The molecule has 1 saturated heterocycles. The van der Waals surface area contributed by atoms with Gasteiger partial charge in [0.25, 0.3) is 0 Å². The van der Waals surface area contributed by atoms with Gasteiger partial charge in [-0.25, -0.2) is 17.9 Å². The predicted molar refractivity (Wildman–Crippen MR) is 115 cm³/mol. The molecule has 0 spiro atoms. The number of esters is 1. The average Bonchev–Trinajstić information content (AvgIpc) is 2.67. The fourth-order valence-corrected chi connectivity index (χ4v) is 5.65. The molecule has 9 nitrogen and oxygen atoms in total. The van der Waals surface area contributed by atoms with Gasteiger partial charge in [-0.1, -0.05) is 19.4 Å². The van der Waals surface area contributed by atoms with Gasteiger partial charge in [0.1, 0.15) is 0 Å². The molecule has 0 unspecified atom stereocenters. The molecule has 4 atom stereocenters. The summed E-state index contributed by atoms with van der Waals surface area (Å²) in [5.41, 5.74) is 6.84. The van der Waals surface area contributed by atoms with Crippen LogP contribution in [0.1, 0.15) is 52.9 Å². The summed E-state index contributed by atoms with van der Waals surface area (Å²) >= 11 is 0. The van der Waals surface area contributed by atoms with Crippen molar-refractivity contribution in [2.45, 2.75) is 77.0 Å². The van der Waals surface area contributed by atoms with E-state index in [2.05, 4.69) is 14.9 Å². The lowest BCUT2D eigenvalue weighted by molar-refractivity contribution is -0.138. The van der Waals surface area contributed by atoms with Crippen LogP contribution in [0.15, 0.2) is 11.6 Å². The van der Waals surface area contributed by atoms with E-state index in [4.69, 9.17) is 10.5 Å². The fraction of sp³-hybridized carbons (Fsp3) is 0.800. The van der Waals surface area contributed by atoms with Crippen molar-refractivity contribution in [2.75, 3.05) is 25.4 Å². The number of ether oxygens (including phenoxy) is 1. The third-order valence-electron chi connectivity index (χ3n) is 5.55. The lowest BCUT2D eigenvalue weighted by Gasteiger charge is -2.44. The van der Waals surface area contributed by atoms with Crippen LogP contribution < -0.4 is 15.8 Å². The summed E-state index contributed by atoms with van der Waals surface area (Å²) in [6.07, 6.45) is 5.15. The molecule has 2 aliphatic rings. The third kappa shape index (κ3) is 7.04. The second-order valence-corrected chi connectivity index (χ2v) is 10.00. The van der Waals surface area contributed by atoms with Crippen LogP contribution in [0.5, 0.6) is 0 Å². The number of piperidine rings is 1. The highest BCUT2D eigenvalue weighted by Gasteiger charge is 2.39. The Morgan fingerprint density at radius 3 is 2.70 bits per heavy atom. The highest BCUT2D eigenvalue weighted by molar-refractivity contribution is 7.89. The molecule has 172 valence electrons. The van der Waals surface area contributed by atoms with Gasteiger partial charge in [-0.3, -0.25) is 9.69 Å². The molecule has 0 radical (unpaired) electrons. The number of nitrogens with zero attached hydrogens (tertiary/aromatic N) is 1. The van der Waals surface area contributed by atoms with Crippen LogP contribution in [0.3, 0.4) is 0 Å². The van der Waals surface area contributed by atoms with Gasteiger partial charge in [-0.2, -0.15) is 0 Å². The topological polar surface area (TPSA) is 131 Å². The Morgan fingerprint density at radius 2 is 2.07 bits per heavy atom. The van der Waals surface area contributed by atoms with Crippen LogP contribution in [0.4, 0.5) is 0 Å². The van der Waals surface area contributed by atoms with Crippen molar-refractivity contribution in [3.05, 3.63) is 11.6 Å². The van der Waals surface area contributed by atoms with Crippen molar-refractivity contribution in [1.29, 1.82) is 0 Å². The first kappa shape index (κ1) is 24.8. The molecule has 2 rings (SSSR count). The van der Waals surface area contributed by atoms with Crippen molar-refractivity contribution in [3.63, 3.8) is 0 Å². The minimum absolute atomic E-state index is 0.121. The highest BCUT2D eigenvalue weighted by Crippen LogP contribution is 2.26. The number of likely N-dealkylation sites (tertiary alicyclic amines) is 1. The summed E-state index contributed by atoms with van der Waals surface area (Å²) in [5, 5.41) is 2.92. The number of carbonyl (C=O) groups excluding carboxylic acids is 2. The molecular formula is C20H36N4O5S. The molecule has 10 heteroatoms. The van der Waals surface area contributed by atoms with E-state index < -0.39 is 22.0 Å². The zero-order valence-electron chi connectivity index (χ0n) is 18.2. The van der Waals surface area contributed by atoms with Crippen LogP contribution in [0.25, 0.3) is 0 Å². The predicted octanol–water partition coefficient (Wildman–Crippen LogP) is 0.264. The number of nitrogens with two attached hydrogens (primary N) is 1. The summed E-state index contributed by atoms with van der Waals surface area (Å²) in [7, 11) is -3.33. The van der Waals surface area contributed by atoms with Crippen molar-refractivity contribution in [1.82, 2.24) is 14.9 Å². The number of unbranched alkanes of at least 4 members (excludes halogenated alkanes) is 1. The van der Waals surface area contributed by atoms with Crippen molar-refractivity contribution < 1.29 is 22.7 Å². The van der Waals surface area contributed by atoms with Crippen LogP contribution in [0, 0.1) is 0 Å². The Morgan fingerprint density at radius 1 is 1.33 bits per heavy atom. The van der Waals surface area contributed by atoms with Gasteiger partial charge in [-0.15, -0.1) is 0 Å². The summed E-state index contributed by atoms with van der Waals surface area (Å²) in [4.78, 5) is 26.2. The molecule has 1 aliphatic carbocycles. The molecule has 30 heavy (non-hydrogen) atoms. The van der Waals surface area contributed by atoms with Gasteiger partial charge in [0, 0.05) is 31.1 Å². The number of amides is 1. The van der Waals surface area contributed by atoms with Gasteiger partial charge in [0.15, 0.2) is 0 Å². The van der Waals surface area contributed by atoms with Crippen molar-refractivity contribution >= 4 is 21.9 Å². The van der Waals surface area contributed by atoms with Crippen molar-refractivity contribution in [3.8, 4) is 0 Å². The summed E-state index contributed by atoms with van der Waals surface area (Å²) in [5.74, 6) is -0.467. The van der Waals surface area contributed by atoms with Gasteiger partial charge >= 0.3 is 5.97 Å². The molecule has 0 bridgehead atoms. The molecule has 0 aromatic carbocycles. The van der Waals surface area contributed by atoms with E-state index in [0.29, 0.717) is 25.0 Å². The first-order valence-electron chi connectivity index (χ1n) is 10.8. The van der Waals surface area contributed by atoms with E-state index in [1.165, 1.54) is 6.92 Å². The minimum Gasteiger partial charge on any atom is -0.463 e. The molecule has 4 N–H and O–H groups in total. The second kappa shape index (κ2) is 11.2. The monoisotopic (exact) mass is 444 g/mol. The third-order valence-corrected chi connectivity index (χ3v) is 7.07. The van der Waals surface area contributed by atoms with E-state index in [1.54, 1.807) is 6.92 Å². The maximum absolute atomic E-state index is 12.3. The first-order chi connectivity index (χ1) is 14.2. The maximum Gasteiger partial charge on any atom is 0.333 e. The van der Waals surface area contributed by atoms with E-state index in [-0.39, 0.29) is 36.4 Å². The zero-order valence-corrected chi connectivity index (χ0v) is 19.0. The Balaban J connectivity index is 2.20. The Bertz CT molecular complexity index is 739. The normalized spacial score (nSPS) is 27.9. The molecule has 1 aliphatic heterocycles. The van der Waals surface area contributed by atoms with Crippen LogP contribution in [0.2, 0.25) is 0 Å². The molecule has 1 fully saturated rings. The highest BCUT2D eigenvalue weighted by atomic mass is 32.2. The quantitative estimate of drug-likeness (QED) is 0.435. The Labute approximate surface area is 179 Å². The van der Waals surface area contributed by atoms with E-state index in [0.717, 1.165) is 25.8 Å². The van der Waals surface area contributed by atoms with E-state index >= 15 is 0 Å². The zero-order chi connectivity index (χ0) is 22.3. The molecule has 0 aromatic heterocycles. The maximum atomic E-state index is 12.3. The summed E-state index contributed by atoms with van der Waals surface area (Å²) in [6, 6.07) is -1.32. The van der Waals surface area contributed by atoms with E-state index in [9.17, 15) is 18.0 Å². The minimum atomic E-state index is -3.33. The van der Waals surface area contributed by atoms with E-state index in [1.807, 2.05) is 13.0 Å². The molecule has 0 saturated carbocycles. The lowest BCUT2D eigenvalue weighted by Crippen LogP contribution is -2.63. The number of carbonyl (C=O) groups is 2. The molecule has 1 heterocycles. The first-order valence-corrected chi connectivity index (χ1v) is 12.5. The van der Waals surface area contributed by atoms with Crippen molar-refractivity contribution in [2.24, 2.45) is 5.73 Å². The van der Waals surface area contributed by atoms with Crippen LogP contribution in [-0.4, -0.2) is 74.8 Å². The number of hydrogen-bond acceptors (Lipinski definition) is 7. The van der Waals surface area contributed by atoms with Gasteiger partial charge in [0.2, 0.25) is 15.9 Å². The summed E-state index contributed by atoms with van der Waals surface area (Å²) < 4.78 is 32.6. The van der Waals surface area contributed by atoms with Gasteiger partial charge in [0.05, 0.1) is 24.4 Å². The van der Waals surface area contributed by atoms with Crippen LogP contribution in [-0.2, 0) is 24.3 Å². The van der Waals surface area contributed by atoms with Gasteiger partial charge < -0.3 is 15.8 Å². The average molecular weight is 445 g/mol. The van der Waals surface area contributed by atoms with Crippen LogP contribution >= 0.6 is 0 Å². The Hall–Kier alpha value is -1.49. The number of rotatable bonds is 9. The standard InChI is InChI=1S/C20H36N4O5S/c1-4-6-10-30(27,28)23-16-8-7-9-24(13-16)18-12-15(20(26)29-5-2)11-17(21)19(18)22-14(3)25/h12,16-19,23H,4-11,13,21H2,1-3H3,(H,22,25)/t16-,17+,18-,19-/m1/s1. The SMILES string of the molecule is CCCCS(=O)(=O)N[C@@H]1CCCN([C@@H]2C=C(C(=O)OCC)C[C@H](N)[C@H]2NC(C)=O)C1. The molecule has 1 amide bonds. The number of hydrogen-bond donors (Lipinski definition) is 3. The number of sulfonamides is 1. The fourth-order valence-electron chi connectivity index (χ4n) is 4.17. The summed E-state index contributed by atoms with van der Waals surface area (Å²) in [6.45, 7) is 6.64. The largest absolute Gasteiger partial charge is 0.463 e. The Kier molecular flexibility index (Phi) is 9.27. The molecule has 0 aromatic rings. The lowest BCUT2D eigenvalue weighted by atomic mass is 9.85.